The minimum absolute atomic E-state index is 0.422. The Balaban J connectivity index is 2.53. The molecule has 2 rings (SSSR count). The molecule has 16 heavy (non-hydrogen) atoms. The van der Waals surface area contributed by atoms with Crippen molar-refractivity contribution in [2.24, 2.45) is 0 Å². The zero-order valence-corrected chi connectivity index (χ0v) is 10.4. The number of hydrogen-bond acceptors (Lipinski definition) is 3. The van der Waals surface area contributed by atoms with Crippen LogP contribution >= 0.6 is 23.2 Å². The smallest absolute Gasteiger partial charge is 0.143 e. The molecule has 2 N–H and O–H groups in total. The molecule has 1 aliphatic heterocycles. The van der Waals surface area contributed by atoms with Gasteiger partial charge < -0.3 is 15.2 Å². The third-order valence-electron chi connectivity index (χ3n) is 2.85. The van der Waals surface area contributed by atoms with Gasteiger partial charge in [0, 0.05) is 17.1 Å². The van der Waals surface area contributed by atoms with Crippen molar-refractivity contribution in [1.29, 1.82) is 0 Å². The maximum atomic E-state index is 10.5. The number of rotatable bonds is 2. The van der Waals surface area contributed by atoms with Crippen molar-refractivity contribution in [3.8, 4) is 5.75 Å². The Labute approximate surface area is 104 Å². The van der Waals surface area contributed by atoms with Crippen LogP contribution in [0.1, 0.15) is 12.0 Å². The average Bonchev–Trinajstić information content (AvgIpc) is 2.65. The first-order valence-corrected chi connectivity index (χ1v) is 5.79. The quantitative estimate of drug-likeness (QED) is 0.858. The lowest BCUT2D eigenvalue weighted by Gasteiger charge is -2.25. The molecule has 0 saturated carbocycles. The summed E-state index contributed by atoms with van der Waals surface area (Å²) in [4.78, 5) is 0. The highest BCUT2D eigenvalue weighted by molar-refractivity contribution is 6.35. The fraction of sp³-hybridized carbons (Fsp3) is 0.455. The fourth-order valence-corrected chi connectivity index (χ4v) is 2.59. The second-order valence-corrected chi connectivity index (χ2v) is 4.77. The Kier molecular flexibility index (Phi) is 3.31. The van der Waals surface area contributed by atoms with Crippen molar-refractivity contribution in [2.75, 3.05) is 20.2 Å². The molecule has 1 aromatic carbocycles. The number of aliphatic hydroxyl groups is 1. The van der Waals surface area contributed by atoms with Gasteiger partial charge in [0.2, 0.25) is 0 Å². The minimum Gasteiger partial charge on any atom is -0.495 e. The second-order valence-electron chi connectivity index (χ2n) is 3.93. The molecular weight excluding hydrogens is 249 g/mol. The summed E-state index contributed by atoms with van der Waals surface area (Å²) in [5, 5.41) is 14.5. The summed E-state index contributed by atoms with van der Waals surface area (Å²) in [5.74, 6) is 0.497. The van der Waals surface area contributed by atoms with Gasteiger partial charge in [0.25, 0.3) is 0 Å². The number of hydrogen-bond donors (Lipinski definition) is 2. The summed E-state index contributed by atoms with van der Waals surface area (Å²) in [5.41, 5.74) is -0.294. The summed E-state index contributed by atoms with van der Waals surface area (Å²) in [6, 6.07) is 3.32. The topological polar surface area (TPSA) is 41.5 Å². The van der Waals surface area contributed by atoms with E-state index >= 15 is 0 Å². The predicted octanol–water partition coefficient (Wildman–Crippen LogP) is 2.18. The van der Waals surface area contributed by atoms with Gasteiger partial charge in [-0.1, -0.05) is 23.2 Å². The summed E-state index contributed by atoms with van der Waals surface area (Å²) in [6.45, 7) is 1.25. The maximum Gasteiger partial charge on any atom is 0.143 e. The largest absolute Gasteiger partial charge is 0.495 e. The molecule has 0 aliphatic carbocycles. The second kappa shape index (κ2) is 4.41. The fourth-order valence-electron chi connectivity index (χ4n) is 2.02. The molecule has 0 radical (unpaired) electrons. The van der Waals surface area contributed by atoms with Crippen LogP contribution in [0.25, 0.3) is 0 Å². The Morgan fingerprint density at radius 2 is 2.19 bits per heavy atom. The molecule has 0 spiro atoms. The lowest BCUT2D eigenvalue weighted by molar-refractivity contribution is 0.0561. The number of benzene rings is 1. The van der Waals surface area contributed by atoms with Gasteiger partial charge in [-0.05, 0) is 25.1 Å². The van der Waals surface area contributed by atoms with E-state index in [2.05, 4.69) is 5.32 Å². The average molecular weight is 262 g/mol. The lowest BCUT2D eigenvalue weighted by atomic mass is 9.92. The SMILES string of the molecule is COc1c(Cl)cc(Cl)cc1C1(O)CCNC1. The van der Waals surface area contributed by atoms with Crippen LogP contribution in [-0.2, 0) is 5.60 Å². The molecule has 3 nitrogen and oxygen atoms in total. The Morgan fingerprint density at radius 3 is 2.75 bits per heavy atom. The van der Waals surface area contributed by atoms with Gasteiger partial charge in [0.15, 0.2) is 0 Å². The summed E-state index contributed by atoms with van der Waals surface area (Å²) in [7, 11) is 1.53. The summed E-state index contributed by atoms with van der Waals surface area (Å²) >= 11 is 12.0. The number of β-amino-alcohol motifs (C(OH)–C–C–N with tert-alkyl or cyclic N) is 1. The number of methoxy groups -OCH3 is 1. The van der Waals surface area contributed by atoms with Gasteiger partial charge in [0.1, 0.15) is 11.4 Å². The maximum absolute atomic E-state index is 10.5. The van der Waals surface area contributed by atoms with Crippen molar-refractivity contribution in [3.63, 3.8) is 0 Å². The molecule has 1 heterocycles. The number of ether oxygens (including phenoxy) is 1. The monoisotopic (exact) mass is 261 g/mol. The highest BCUT2D eigenvalue weighted by Crippen LogP contribution is 2.40. The van der Waals surface area contributed by atoms with Crippen LogP contribution in [0.3, 0.4) is 0 Å². The number of halogens is 2. The van der Waals surface area contributed by atoms with Crippen molar-refractivity contribution in [2.45, 2.75) is 12.0 Å². The molecular formula is C11H13Cl2NO2. The summed E-state index contributed by atoms with van der Waals surface area (Å²) in [6.07, 6.45) is 0.625. The van der Waals surface area contributed by atoms with Crippen LogP contribution in [0, 0.1) is 0 Å². The molecule has 5 heteroatoms. The van der Waals surface area contributed by atoms with E-state index in [1.807, 2.05) is 0 Å². The molecule has 0 amide bonds. The van der Waals surface area contributed by atoms with E-state index < -0.39 is 5.60 Å². The van der Waals surface area contributed by atoms with Crippen molar-refractivity contribution >= 4 is 23.2 Å². The van der Waals surface area contributed by atoms with Crippen LogP contribution in [0.4, 0.5) is 0 Å². The van der Waals surface area contributed by atoms with E-state index in [4.69, 9.17) is 27.9 Å². The molecule has 1 unspecified atom stereocenters. The van der Waals surface area contributed by atoms with Gasteiger partial charge in [0.05, 0.1) is 12.1 Å². The third-order valence-corrected chi connectivity index (χ3v) is 3.35. The van der Waals surface area contributed by atoms with E-state index in [0.29, 0.717) is 34.3 Å². The first kappa shape index (κ1) is 12.0. The first-order chi connectivity index (χ1) is 7.57. The van der Waals surface area contributed by atoms with Crippen LogP contribution in [0.2, 0.25) is 10.0 Å². The first-order valence-electron chi connectivity index (χ1n) is 5.03. The molecule has 0 bridgehead atoms. The molecule has 1 atom stereocenters. The standard InChI is InChI=1S/C11H13Cl2NO2/c1-16-10-8(4-7(12)5-9(10)13)11(15)2-3-14-6-11/h4-5,14-15H,2-3,6H2,1H3. The van der Waals surface area contributed by atoms with Crippen LogP contribution < -0.4 is 10.1 Å². The van der Waals surface area contributed by atoms with Gasteiger partial charge in [-0.25, -0.2) is 0 Å². The molecule has 1 fully saturated rings. The zero-order valence-electron chi connectivity index (χ0n) is 8.89. The molecule has 1 aromatic rings. The third kappa shape index (κ3) is 2.00. The Morgan fingerprint density at radius 1 is 1.44 bits per heavy atom. The van der Waals surface area contributed by atoms with Crippen LogP contribution in [-0.4, -0.2) is 25.3 Å². The zero-order chi connectivity index (χ0) is 11.8. The van der Waals surface area contributed by atoms with Gasteiger partial charge in [-0.15, -0.1) is 0 Å². The minimum atomic E-state index is -0.945. The number of nitrogens with one attached hydrogen (secondary N) is 1. The van der Waals surface area contributed by atoms with Gasteiger partial charge in [-0.2, -0.15) is 0 Å². The van der Waals surface area contributed by atoms with Crippen molar-refractivity contribution in [3.05, 3.63) is 27.7 Å². The van der Waals surface area contributed by atoms with E-state index in [9.17, 15) is 5.11 Å². The summed E-state index contributed by atoms with van der Waals surface area (Å²) < 4.78 is 5.23. The molecule has 88 valence electrons. The van der Waals surface area contributed by atoms with Crippen LogP contribution in [0.15, 0.2) is 12.1 Å². The highest BCUT2D eigenvalue weighted by atomic mass is 35.5. The molecule has 1 aliphatic rings. The van der Waals surface area contributed by atoms with E-state index in [1.165, 1.54) is 7.11 Å². The predicted molar refractivity (Wildman–Crippen MR) is 64.4 cm³/mol. The van der Waals surface area contributed by atoms with Crippen molar-refractivity contribution in [1.82, 2.24) is 5.32 Å². The Hall–Kier alpha value is -0.480. The van der Waals surface area contributed by atoms with E-state index in [1.54, 1.807) is 12.1 Å². The van der Waals surface area contributed by atoms with Crippen molar-refractivity contribution < 1.29 is 9.84 Å². The van der Waals surface area contributed by atoms with Crippen LogP contribution in [0.5, 0.6) is 5.75 Å². The molecule has 0 aromatic heterocycles. The molecule has 1 saturated heterocycles. The lowest BCUT2D eigenvalue weighted by Crippen LogP contribution is -2.29. The van der Waals surface area contributed by atoms with E-state index in [-0.39, 0.29) is 0 Å². The normalized spacial score (nSPS) is 24.8. The van der Waals surface area contributed by atoms with Gasteiger partial charge >= 0.3 is 0 Å². The highest BCUT2D eigenvalue weighted by Gasteiger charge is 2.36. The Bertz CT molecular complexity index is 403. The van der Waals surface area contributed by atoms with E-state index in [0.717, 1.165) is 6.54 Å². The van der Waals surface area contributed by atoms with Gasteiger partial charge in [-0.3, -0.25) is 0 Å².